The molecule has 1 aromatic heterocycles. The summed E-state index contributed by atoms with van der Waals surface area (Å²) in [7, 11) is 4.04. The molecule has 6 heteroatoms. The van der Waals surface area contributed by atoms with E-state index in [4.69, 9.17) is 4.74 Å². The van der Waals surface area contributed by atoms with Gasteiger partial charge in [-0.1, -0.05) is 0 Å². The van der Waals surface area contributed by atoms with Crippen LogP contribution in [-0.4, -0.2) is 60.6 Å². The summed E-state index contributed by atoms with van der Waals surface area (Å²) >= 11 is 1.88. The van der Waals surface area contributed by atoms with Gasteiger partial charge in [0.15, 0.2) is 0 Å². The summed E-state index contributed by atoms with van der Waals surface area (Å²) in [4.78, 5) is 18.6. The number of carbonyl (C=O) groups is 1. The maximum absolute atomic E-state index is 12.2. The Balaban J connectivity index is 1.90. The molecule has 0 spiro atoms. The molecule has 1 unspecified atom stereocenters. The highest BCUT2D eigenvalue weighted by Gasteiger charge is 2.21. The predicted molar refractivity (Wildman–Crippen MR) is 86.1 cm³/mol. The normalized spacial score (nSPS) is 18.0. The summed E-state index contributed by atoms with van der Waals surface area (Å²) in [5.74, 6) is 2.43. The first kappa shape index (κ1) is 16.1. The molecule has 0 aliphatic carbocycles. The molecule has 5 nitrogen and oxygen atoms in total. The molecular weight excluding hydrogens is 286 g/mol. The van der Waals surface area contributed by atoms with Gasteiger partial charge in [-0.2, -0.15) is 11.8 Å². The number of ether oxygens (including phenoxy) is 1. The lowest BCUT2D eigenvalue weighted by molar-refractivity contribution is 0.0944. The van der Waals surface area contributed by atoms with Crippen molar-refractivity contribution >= 4 is 17.7 Å². The Morgan fingerprint density at radius 1 is 1.57 bits per heavy atom. The van der Waals surface area contributed by atoms with Crippen LogP contribution in [0.4, 0.5) is 0 Å². The van der Waals surface area contributed by atoms with E-state index in [2.05, 4.69) is 15.2 Å². The van der Waals surface area contributed by atoms with E-state index in [1.165, 1.54) is 0 Å². The number of aromatic nitrogens is 1. The number of carbonyl (C=O) groups excluding carboxylic acids is 1. The van der Waals surface area contributed by atoms with Crippen LogP contribution < -0.4 is 10.1 Å². The Hall–Kier alpha value is -1.27. The predicted octanol–water partition coefficient (Wildman–Crippen LogP) is 1.65. The minimum absolute atomic E-state index is 0.109. The fraction of sp³-hybridized carbons (Fsp3) is 0.600. The van der Waals surface area contributed by atoms with E-state index < -0.39 is 0 Å². The van der Waals surface area contributed by atoms with Gasteiger partial charge in [0.1, 0.15) is 11.7 Å². The van der Waals surface area contributed by atoms with E-state index in [1.54, 1.807) is 18.3 Å². The Labute approximate surface area is 130 Å². The minimum Gasteiger partial charge on any atom is -0.473 e. The van der Waals surface area contributed by atoms with Gasteiger partial charge in [-0.15, -0.1) is 0 Å². The van der Waals surface area contributed by atoms with Gasteiger partial charge in [-0.05, 0) is 51.4 Å². The average molecular weight is 309 g/mol. The summed E-state index contributed by atoms with van der Waals surface area (Å²) in [6.07, 6.45) is 3.78. The van der Waals surface area contributed by atoms with E-state index in [1.807, 2.05) is 25.9 Å². The van der Waals surface area contributed by atoms with Crippen LogP contribution >= 0.6 is 11.8 Å². The molecule has 1 aliphatic rings. The number of thioether (sulfide) groups is 1. The zero-order valence-corrected chi connectivity index (χ0v) is 13.5. The summed E-state index contributed by atoms with van der Waals surface area (Å²) in [6, 6.07) is 3.54. The van der Waals surface area contributed by atoms with Crippen molar-refractivity contribution in [3.63, 3.8) is 0 Å². The zero-order valence-electron chi connectivity index (χ0n) is 12.7. The first-order valence-corrected chi connectivity index (χ1v) is 8.44. The van der Waals surface area contributed by atoms with Crippen LogP contribution in [0, 0.1) is 0 Å². The number of amides is 1. The maximum Gasteiger partial charge on any atom is 0.256 e. The third kappa shape index (κ3) is 5.21. The fourth-order valence-corrected chi connectivity index (χ4v) is 3.21. The molecular formula is C15H23N3O2S. The van der Waals surface area contributed by atoms with Crippen LogP contribution in [0.15, 0.2) is 18.3 Å². The number of hydrogen-bond acceptors (Lipinski definition) is 5. The minimum atomic E-state index is -0.109. The van der Waals surface area contributed by atoms with Crippen molar-refractivity contribution in [3.8, 4) is 5.88 Å². The quantitative estimate of drug-likeness (QED) is 0.776. The molecule has 1 amide bonds. The van der Waals surface area contributed by atoms with Crippen molar-refractivity contribution in [3.05, 3.63) is 23.9 Å². The van der Waals surface area contributed by atoms with Crippen LogP contribution in [0.5, 0.6) is 5.88 Å². The SMILES string of the molecule is CN(C)CCCNC(=O)c1cccnc1OC1CCSC1. The molecule has 21 heavy (non-hydrogen) atoms. The molecule has 1 aromatic rings. The van der Waals surface area contributed by atoms with Crippen LogP contribution in [0.2, 0.25) is 0 Å². The number of nitrogens with one attached hydrogen (secondary N) is 1. The molecule has 1 fully saturated rings. The number of hydrogen-bond donors (Lipinski definition) is 1. The highest BCUT2D eigenvalue weighted by molar-refractivity contribution is 7.99. The highest BCUT2D eigenvalue weighted by Crippen LogP contribution is 2.24. The number of nitrogens with zero attached hydrogens (tertiary/aromatic N) is 2. The molecule has 116 valence electrons. The van der Waals surface area contributed by atoms with Gasteiger partial charge in [0.25, 0.3) is 5.91 Å². The molecule has 1 saturated heterocycles. The van der Waals surface area contributed by atoms with Crippen LogP contribution in [-0.2, 0) is 0 Å². The van der Waals surface area contributed by atoms with E-state index in [9.17, 15) is 4.79 Å². The topological polar surface area (TPSA) is 54.5 Å². The summed E-state index contributed by atoms with van der Waals surface area (Å²) < 4.78 is 5.87. The third-order valence-corrected chi connectivity index (χ3v) is 4.38. The van der Waals surface area contributed by atoms with Gasteiger partial charge in [-0.3, -0.25) is 4.79 Å². The second-order valence-corrected chi connectivity index (χ2v) is 6.52. The van der Waals surface area contributed by atoms with Crippen LogP contribution in [0.3, 0.4) is 0 Å². The third-order valence-electron chi connectivity index (χ3n) is 3.25. The summed E-state index contributed by atoms with van der Waals surface area (Å²) in [6.45, 7) is 1.61. The van der Waals surface area contributed by atoms with Crippen molar-refractivity contribution in [2.45, 2.75) is 18.9 Å². The van der Waals surface area contributed by atoms with Crippen LogP contribution in [0.1, 0.15) is 23.2 Å². The fourth-order valence-electron chi connectivity index (χ4n) is 2.11. The van der Waals surface area contributed by atoms with Gasteiger partial charge in [0, 0.05) is 18.5 Å². The van der Waals surface area contributed by atoms with E-state index >= 15 is 0 Å². The maximum atomic E-state index is 12.2. The van der Waals surface area contributed by atoms with E-state index in [-0.39, 0.29) is 12.0 Å². The Morgan fingerprint density at radius 3 is 3.14 bits per heavy atom. The lowest BCUT2D eigenvalue weighted by Crippen LogP contribution is -2.28. The van der Waals surface area contributed by atoms with Crippen molar-refractivity contribution in [2.75, 3.05) is 38.7 Å². The van der Waals surface area contributed by atoms with Crippen molar-refractivity contribution in [1.82, 2.24) is 15.2 Å². The average Bonchev–Trinajstić information content (AvgIpc) is 2.97. The Kier molecular flexibility index (Phi) is 6.32. The molecule has 2 rings (SSSR count). The smallest absolute Gasteiger partial charge is 0.256 e. The van der Waals surface area contributed by atoms with Crippen molar-refractivity contribution in [2.24, 2.45) is 0 Å². The lowest BCUT2D eigenvalue weighted by atomic mass is 10.2. The van der Waals surface area contributed by atoms with Crippen molar-refractivity contribution in [1.29, 1.82) is 0 Å². The molecule has 1 aliphatic heterocycles. The molecule has 1 N–H and O–H groups in total. The molecule has 0 bridgehead atoms. The van der Waals surface area contributed by atoms with Gasteiger partial charge in [-0.25, -0.2) is 4.98 Å². The van der Waals surface area contributed by atoms with E-state index in [0.29, 0.717) is 18.0 Å². The van der Waals surface area contributed by atoms with Gasteiger partial charge < -0.3 is 15.0 Å². The van der Waals surface area contributed by atoms with Crippen LogP contribution in [0.25, 0.3) is 0 Å². The largest absolute Gasteiger partial charge is 0.473 e. The monoisotopic (exact) mass is 309 g/mol. The number of rotatable bonds is 7. The second kappa shape index (κ2) is 8.24. The highest BCUT2D eigenvalue weighted by atomic mass is 32.2. The van der Waals surface area contributed by atoms with Crippen molar-refractivity contribution < 1.29 is 9.53 Å². The Bertz CT molecular complexity index is 462. The summed E-state index contributed by atoms with van der Waals surface area (Å²) in [5.41, 5.74) is 0.527. The first-order chi connectivity index (χ1) is 10.2. The van der Waals surface area contributed by atoms with Gasteiger partial charge >= 0.3 is 0 Å². The zero-order chi connectivity index (χ0) is 15.1. The standard InChI is InChI=1S/C15H23N3O2S/c1-18(2)9-4-8-16-14(19)13-5-3-7-17-15(13)20-12-6-10-21-11-12/h3,5,7,12H,4,6,8-11H2,1-2H3,(H,16,19). The van der Waals surface area contributed by atoms with E-state index in [0.717, 1.165) is 30.9 Å². The number of pyridine rings is 1. The molecule has 0 saturated carbocycles. The summed E-state index contributed by atoms with van der Waals surface area (Å²) in [5, 5.41) is 2.93. The Morgan fingerprint density at radius 2 is 2.43 bits per heavy atom. The van der Waals surface area contributed by atoms with Gasteiger partial charge in [0.05, 0.1) is 0 Å². The molecule has 0 aromatic carbocycles. The molecule has 2 heterocycles. The lowest BCUT2D eigenvalue weighted by Gasteiger charge is -2.15. The molecule has 1 atom stereocenters. The molecule has 0 radical (unpaired) electrons. The second-order valence-electron chi connectivity index (χ2n) is 5.37. The first-order valence-electron chi connectivity index (χ1n) is 7.29. The van der Waals surface area contributed by atoms with Gasteiger partial charge in [0.2, 0.25) is 5.88 Å².